The van der Waals surface area contributed by atoms with Gasteiger partial charge in [-0.15, -0.1) is 0 Å². The minimum absolute atomic E-state index is 0.00465. The molecule has 10 heteroatoms. The minimum Gasteiger partial charge on any atom is -0.482 e. The molecule has 1 aliphatic rings. The average molecular weight is 376 g/mol. The first-order chi connectivity index (χ1) is 12.3. The average Bonchev–Trinajstić information content (AvgIpc) is 2.60. The third-order valence-corrected chi connectivity index (χ3v) is 3.50. The molecule has 1 aliphatic heterocycles. The molecule has 0 aliphatic carbocycles. The Morgan fingerprint density at radius 3 is 2.77 bits per heavy atom. The summed E-state index contributed by atoms with van der Waals surface area (Å²) in [5.74, 6) is -1.43. The summed E-state index contributed by atoms with van der Waals surface area (Å²) in [6.07, 6.45) is -4.48. The molecule has 144 valence electrons. The Morgan fingerprint density at radius 1 is 1.38 bits per heavy atom. The molecule has 26 heavy (non-hydrogen) atoms. The van der Waals surface area contributed by atoms with Gasteiger partial charge < -0.3 is 24.8 Å². The van der Waals surface area contributed by atoms with Crippen LogP contribution in [0.5, 0.6) is 5.75 Å². The van der Waals surface area contributed by atoms with Crippen LogP contribution in [0.4, 0.5) is 18.9 Å². The van der Waals surface area contributed by atoms with E-state index in [1.54, 1.807) is 0 Å². The van der Waals surface area contributed by atoms with Crippen molar-refractivity contribution in [1.82, 2.24) is 5.32 Å². The molecule has 1 aromatic carbocycles. The number of ether oxygens (including phenoxy) is 3. The van der Waals surface area contributed by atoms with Crippen molar-refractivity contribution in [3.05, 3.63) is 23.8 Å². The lowest BCUT2D eigenvalue weighted by atomic mass is 10.1. The summed E-state index contributed by atoms with van der Waals surface area (Å²) in [6, 6.07) is 3.53. The van der Waals surface area contributed by atoms with Gasteiger partial charge in [-0.3, -0.25) is 4.79 Å². The van der Waals surface area contributed by atoms with Gasteiger partial charge in [0.1, 0.15) is 5.75 Å². The summed E-state index contributed by atoms with van der Waals surface area (Å²) < 4.78 is 51.8. The van der Waals surface area contributed by atoms with E-state index in [1.807, 2.05) is 0 Å². The van der Waals surface area contributed by atoms with E-state index < -0.39 is 24.7 Å². The van der Waals surface area contributed by atoms with Crippen LogP contribution in [-0.4, -0.2) is 57.6 Å². The van der Waals surface area contributed by atoms with Crippen LogP contribution in [0.25, 0.3) is 0 Å². The molecule has 1 saturated heterocycles. The van der Waals surface area contributed by atoms with Crippen molar-refractivity contribution in [3.8, 4) is 5.75 Å². The zero-order valence-electron chi connectivity index (χ0n) is 14.0. The largest absolute Gasteiger partial charge is 0.482 e. The molecule has 1 atom stereocenters. The highest BCUT2D eigenvalue weighted by Gasteiger charge is 2.29. The summed E-state index contributed by atoms with van der Waals surface area (Å²) in [5, 5.41) is 5.60. The number of rotatable bonds is 6. The number of carbonyl (C=O) groups is 2. The Balaban J connectivity index is 2.11. The molecule has 2 N–H and O–H groups in total. The second-order valence-corrected chi connectivity index (χ2v) is 5.58. The molecule has 1 unspecified atom stereocenters. The Labute approximate surface area is 147 Å². The predicted molar refractivity (Wildman–Crippen MR) is 85.2 cm³/mol. The van der Waals surface area contributed by atoms with Crippen molar-refractivity contribution in [2.75, 3.05) is 38.8 Å². The number of methoxy groups -OCH3 is 1. The van der Waals surface area contributed by atoms with E-state index in [1.165, 1.54) is 12.1 Å². The van der Waals surface area contributed by atoms with Crippen LogP contribution in [0.2, 0.25) is 0 Å². The summed E-state index contributed by atoms with van der Waals surface area (Å²) in [7, 11) is 1.15. The Hall–Kier alpha value is -2.33. The van der Waals surface area contributed by atoms with E-state index in [-0.39, 0.29) is 29.5 Å². The topological polar surface area (TPSA) is 85.9 Å². The smallest absolute Gasteiger partial charge is 0.422 e. The predicted octanol–water partition coefficient (Wildman–Crippen LogP) is 1.73. The van der Waals surface area contributed by atoms with Crippen LogP contribution in [0.15, 0.2) is 18.2 Å². The first kappa shape index (κ1) is 20.0. The summed E-state index contributed by atoms with van der Waals surface area (Å²) in [5.41, 5.74) is 0.0358. The summed E-state index contributed by atoms with van der Waals surface area (Å²) in [6.45, 7) is -0.0150. The third-order valence-electron chi connectivity index (χ3n) is 3.50. The number of esters is 1. The zero-order valence-corrected chi connectivity index (χ0v) is 14.0. The van der Waals surface area contributed by atoms with Crippen LogP contribution < -0.4 is 15.4 Å². The van der Waals surface area contributed by atoms with Gasteiger partial charge in [-0.2, -0.15) is 13.2 Å². The van der Waals surface area contributed by atoms with E-state index in [0.717, 1.165) is 13.2 Å². The number of alkyl halides is 3. The normalized spacial score (nSPS) is 17.5. The van der Waals surface area contributed by atoms with E-state index in [9.17, 15) is 22.8 Å². The van der Waals surface area contributed by atoms with Crippen molar-refractivity contribution >= 4 is 17.6 Å². The lowest BCUT2D eigenvalue weighted by Gasteiger charge is -2.23. The van der Waals surface area contributed by atoms with Crippen molar-refractivity contribution in [1.29, 1.82) is 0 Å². The van der Waals surface area contributed by atoms with E-state index in [0.29, 0.717) is 19.8 Å². The monoisotopic (exact) mass is 376 g/mol. The second kappa shape index (κ2) is 8.86. The maximum atomic E-state index is 12.4. The lowest BCUT2D eigenvalue weighted by Crippen LogP contribution is -2.43. The SMILES string of the molecule is COC(=O)c1ccc(NC(=O)CC2COCCN2)c(OCC(F)(F)F)c1. The third kappa shape index (κ3) is 6.19. The molecule has 0 bridgehead atoms. The van der Waals surface area contributed by atoms with Crippen LogP contribution >= 0.6 is 0 Å². The number of hydrogen-bond acceptors (Lipinski definition) is 6. The van der Waals surface area contributed by atoms with Gasteiger partial charge >= 0.3 is 12.1 Å². The number of amides is 1. The fraction of sp³-hybridized carbons (Fsp3) is 0.500. The molecule has 0 spiro atoms. The van der Waals surface area contributed by atoms with Gasteiger partial charge in [0.05, 0.1) is 31.6 Å². The van der Waals surface area contributed by atoms with E-state index in [2.05, 4.69) is 15.4 Å². The molecule has 1 fully saturated rings. The first-order valence-electron chi connectivity index (χ1n) is 7.81. The highest BCUT2D eigenvalue weighted by molar-refractivity contribution is 5.95. The maximum absolute atomic E-state index is 12.4. The molecule has 2 rings (SSSR count). The first-order valence-corrected chi connectivity index (χ1v) is 7.81. The summed E-state index contributed by atoms with van der Waals surface area (Å²) in [4.78, 5) is 23.7. The number of halogens is 3. The molecule has 7 nitrogen and oxygen atoms in total. The highest BCUT2D eigenvalue weighted by atomic mass is 19.4. The molecule has 0 saturated carbocycles. The van der Waals surface area contributed by atoms with Crippen LogP contribution in [0, 0.1) is 0 Å². The Kier molecular flexibility index (Phi) is 6.81. The van der Waals surface area contributed by atoms with Gasteiger partial charge in [0.15, 0.2) is 6.61 Å². The van der Waals surface area contributed by atoms with Crippen molar-refractivity contribution in [3.63, 3.8) is 0 Å². The van der Waals surface area contributed by atoms with Crippen molar-refractivity contribution in [2.24, 2.45) is 0 Å². The molecule has 0 aromatic heterocycles. The zero-order chi connectivity index (χ0) is 19.2. The van der Waals surface area contributed by atoms with Gasteiger partial charge in [0.2, 0.25) is 5.91 Å². The van der Waals surface area contributed by atoms with Crippen LogP contribution in [-0.2, 0) is 14.3 Å². The number of hydrogen-bond donors (Lipinski definition) is 2. The molecule has 0 radical (unpaired) electrons. The quantitative estimate of drug-likeness (QED) is 0.736. The molecule has 1 heterocycles. The van der Waals surface area contributed by atoms with Crippen LogP contribution in [0.3, 0.4) is 0 Å². The molecular formula is C16H19F3N2O5. The van der Waals surface area contributed by atoms with Crippen LogP contribution in [0.1, 0.15) is 16.8 Å². The highest BCUT2D eigenvalue weighted by Crippen LogP contribution is 2.28. The Bertz CT molecular complexity index is 645. The summed E-state index contributed by atoms with van der Waals surface area (Å²) >= 11 is 0. The maximum Gasteiger partial charge on any atom is 0.422 e. The van der Waals surface area contributed by atoms with Gasteiger partial charge in [0, 0.05) is 19.0 Å². The van der Waals surface area contributed by atoms with Gasteiger partial charge in [-0.05, 0) is 18.2 Å². The molecular weight excluding hydrogens is 357 g/mol. The number of anilines is 1. The molecule has 1 aromatic rings. The fourth-order valence-electron chi connectivity index (χ4n) is 2.33. The van der Waals surface area contributed by atoms with E-state index in [4.69, 9.17) is 9.47 Å². The van der Waals surface area contributed by atoms with Crippen molar-refractivity contribution in [2.45, 2.75) is 18.6 Å². The number of morpholine rings is 1. The number of carbonyl (C=O) groups excluding carboxylic acids is 2. The van der Waals surface area contributed by atoms with Crippen molar-refractivity contribution < 1.29 is 37.0 Å². The van der Waals surface area contributed by atoms with Gasteiger partial charge in [-0.25, -0.2) is 4.79 Å². The molecule has 1 amide bonds. The lowest BCUT2D eigenvalue weighted by molar-refractivity contribution is -0.153. The fourth-order valence-corrected chi connectivity index (χ4v) is 2.33. The van der Waals surface area contributed by atoms with Gasteiger partial charge in [0.25, 0.3) is 0 Å². The van der Waals surface area contributed by atoms with Gasteiger partial charge in [-0.1, -0.05) is 0 Å². The standard InChI is InChI=1S/C16H19F3N2O5/c1-24-15(23)10-2-3-12(13(6-10)26-9-16(17,18)19)21-14(22)7-11-8-25-5-4-20-11/h2-3,6,11,20H,4-5,7-9H2,1H3,(H,21,22). The van der Waals surface area contributed by atoms with E-state index >= 15 is 0 Å². The number of benzene rings is 1. The Morgan fingerprint density at radius 2 is 2.15 bits per heavy atom. The minimum atomic E-state index is -4.56. The second-order valence-electron chi connectivity index (χ2n) is 5.58. The number of nitrogens with one attached hydrogen (secondary N) is 2.